The Labute approximate surface area is 192 Å². The van der Waals surface area contributed by atoms with Crippen molar-refractivity contribution in [2.45, 2.75) is 31.7 Å². The summed E-state index contributed by atoms with van der Waals surface area (Å²) in [5.41, 5.74) is 1.86. The summed E-state index contributed by atoms with van der Waals surface area (Å²) in [6, 6.07) is 17.6. The maximum atomic E-state index is 13.8. The number of aryl methyl sites for hydroxylation is 2. The van der Waals surface area contributed by atoms with Crippen LogP contribution in [0, 0.1) is 13.8 Å². The number of amides is 3. The number of nitrogens with zero attached hydrogens (tertiary/aromatic N) is 2. The van der Waals surface area contributed by atoms with Crippen LogP contribution in [0.1, 0.15) is 38.8 Å². The molecule has 0 fully saturated rings. The lowest BCUT2D eigenvalue weighted by Crippen LogP contribution is -2.51. The molecule has 3 aromatic carbocycles. The molecule has 0 N–H and O–H groups in total. The lowest BCUT2D eigenvalue weighted by molar-refractivity contribution is -0.120. The van der Waals surface area contributed by atoms with Crippen LogP contribution in [0.4, 0.5) is 5.69 Å². The van der Waals surface area contributed by atoms with Crippen LogP contribution in [0.5, 0.6) is 0 Å². The lowest BCUT2D eigenvalue weighted by Gasteiger charge is -2.30. The molecular weight excluding hydrogens is 440 g/mol. The van der Waals surface area contributed by atoms with E-state index >= 15 is 0 Å². The van der Waals surface area contributed by atoms with Crippen molar-refractivity contribution in [2.75, 3.05) is 4.31 Å². The van der Waals surface area contributed by atoms with Crippen molar-refractivity contribution >= 4 is 33.4 Å². The van der Waals surface area contributed by atoms with E-state index < -0.39 is 33.8 Å². The summed E-state index contributed by atoms with van der Waals surface area (Å²) in [6.07, 6.45) is 0. The number of rotatable bonds is 5. The van der Waals surface area contributed by atoms with E-state index in [0.717, 1.165) is 10.5 Å². The topological polar surface area (TPSA) is 91.8 Å². The molecule has 0 spiro atoms. The molecule has 0 bridgehead atoms. The number of fused-ring (bicyclic) bond motifs is 1. The molecule has 4 rings (SSSR count). The monoisotopic (exact) mass is 462 g/mol. The van der Waals surface area contributed by atoms with Crippen LogP contribution in [-0.2, 0) is 14.8 Å². The predicted molar refractivity (Wildman–Crippen MR) is 123 cm³/mol. The normalized spacial score (nSPS) is 14.2. The van der Waals surface area contributed by atoms with Crippen molar-refractivity contribution in [3.8, 4) is 0 Å². The third-order valence-corrected chi connectivity index (χ3v) is 7.36. The Morgan fingerprint density at radius 1 is 0.848 bits per heavy atom. The molecule has 33 heavy (non-hydrogen) atoms. The average molecular weight is 463 g/mol. The van der Waals surface area contributed by atoms with Gasteiger partial charge in [0.2, 0.25) is 0 Å². The van der Waals surface area contributed by atoms with Crippen molar-refractivity contribution < 1.29 is 22.8 Å². The van der Waals surface area contributed by atoms with E-state index in [4.69, 9.17) is 0 Å². The molecule has 0 saturated carbocycles. The van der Waals surface area contributed by atoms with E-state index in [1.165, 1.54) is 31.2 Å². The predicted octanol–water partition coefficient (Wildman–Crippen LogP) is 3.71. The second-order valence-electron chi connectivity index (χ2n) is 7.91. The van der Waals surface area contributed by atoms with Gasteiger partial charge in [-0.15, -0.1) is 0 Å². The molecule has 1 unspecified atom stereocenters. The lowest BCUT2D eigenvalue weighted by atomic mass is 10.1. The Kier molecular flexibility index (Phi) is 5.63. The summed E-state index contributed by atoms with van der Waals surface area (Å²) in [4.78, 5) is 40.4. The van der Waals surface area contributed by atoms with Gasteiger partial charge >= 0.3 is 0 Å². The Morgan fingerprint density at radius 3 is 1.97 bits per heavy atom. The summed E-state index contributed by atoms with van der Waals surface area (Å²) in [5.74, 6) is -2.16. The highest BCUT2D eigenvalue weighted by molar-refractivity contribution is 7.93. The summed E-state index contributed by atoms with van der Waals surface area (Å²) in [6.45, 7) is 4.85. The maximum absolute atomic E-state index is 13.8. The van der Waals surface area contributed by atoms with Gasteiger partial charge in [0.05, 0.1) is 21.7 Å². The van der Waals surface area contributed by atoms with Gasteiger partial charge in [0.15, 0.2) is 0 Å². The van der Waals surface area contributed by atoms with E-state index in [-0.39, 0.29) is 21.7 Å². The third-order valence-electron chi connectivity index (χ3n) is 5.64. The van der Waals surface area contributed by atoms with Crippen LogP contribution in [-0.4, -0.2) is 37.1 Å². The summed E-state index contributed by atoms with van der Waals surface area (Å²) < 4.78 is 28.0. The van der Waals surface area contributed by atoms with E-state index in [1.807, 2.05) is 6.07 Å². The number of hydrogen-bond acceptors (Lipinski definition) is 5. The molecule has 1 atom stereocenters. The Balaban J connectivity index is 1.83. The summed E-state index contributed by atoms with van der Waals surface area (Å²) in [7, 11) is -4.34. The molecular formula is C25H22N2O5S. The number of anilines is 1. The van der Waals surface area contributed by atoms with Gasteiger partial charge in [0, 0.05) is 0 Å². The first-order chi connectivity index (χ1) is 15.6. The highest BCUT2D eigenvalue weighted by atomic mass is 32.2. The van der Waals surface area contributed by atoms with E-state index in [1.54, 1.807) is 56.3 Å². The maximum Gasteiger partial charge on any atom is 0.270 e. The molecule has 8 heteroatoms. The van der Waals surface area contributed by atoms with Gasteiger partial charge in [-0.2, -0.15) is 0 Å². The number of hydrogen-bond donors (Lipinski definition) is 0. The fourth-order valence-corrected chi connectivity index (χ4v) is 5.40. The standard InChI is InChI=1S/C25H22N2O5S/c1-16-13-14-17(2)22(15-16)27(33(31,32)19-9-5-4-6-10-19)23(28)18(3)26-24(29)20-11-7-8-12-21(20)25(26)30/h4-15,18H,1-3H3. The Hall–Kier alpha value is -3.78. The minimum Gasteiger partial charge on any atom is -0.271 e. The van der Waals surface area contributed by atoms with Crippen LogP contribution < -0.4 is 4.31 Å². The van der Waals surface area contributed by atoms with E-state index in [0.29, 0.717) is 9.87 Å². The molecule has 3 aromatic rings. The number of benzene rings is 3. The third kappa shape index (κ3) is 3.72. The summed E-state index contributed by atoms with van der Waals surface area (Å²) in [5, 5.41) is 0. The van der Waals surface area contributed by atoms with Gasteiger partial charge in [-0.1, -0.05) is 42.5 Å². The fraction of sp³-hybridized carbons (Fsp3) is 0.160. The van der Waals surface area contributed by atoms with Crippen molar-refractivity contribution in [1.82, 2.24) is 4.90 Å². The highest BCUT2D eigenvalue weighted by Gasteiger charge is 2.44. The molecule has 168 valence electrons. The van der Waals surface area contributed by atoms with Crippen LogP contribution in [0.3, 0.4) is 0 Å². The van der Waals surface area contributed by atoms with Crippen molar-refractivity contribution in [2.24, 2.45) is 0 Å². The molecule has 0 radical (unpaired) electrons. The number of imide groups is 1. The molecule has 0 aliphatic carbocycles. The van der Waals surface area contributed by atoms with Crippen molar-refractivity contribution in [3.05, 3.63) is 95.1 Å². The summed E-state index contributed by atoms with van der Waals surface area (Å²) >= 11 is 0. The van der Waals surface area contributed by atoms with Crippen LogP contribution in [0.15, 0.2) is 77.7 Å². The quantitative estimate of drug-likeness (QED) is 0.539. The minimum absolute atomic E-state index is 0.0752. The van der Waals surface area contributed by atoms with E-state index in [2.05, 4.69) is 0 Å². The molecule has 3 amide bonds. The zero-order valence-electron chi connectivity index (χ0n) is 18.3. The SMILES string of the molecule is Cc1ccc(C)c(N(C(=O)C(C)N2C(=O)c3ccccc3C2=O)S(=O)(=O)c2ccccc2)c1. The molecule has 7 nitrogen and oxygen atoms in total. The first kappa shape index (κ1) is 22.4. The molecule has 0 saturated heterocycles. The number of carbonyl (C=O) groups excluding carboxylic acids is 3. The second-order valence-corrected chi connectivity index (χ2v) is 9.70. The van der Waals surface area contributed by atoms with Gasteiger partial charge in [0.1, 0.15) is 6.04 Å². The largest absolute Gasteiger partial charge is 0.271 e. The van der Waals surface area contributed by atoms with Gasteiger partial charge in [-0.05, 0) is 62.2 Å². The molecule has 1 aliphatic rings. The van der Waals surface area contributed by atoms with Crippen molar-refractivity contribution in [1.29, 1.82) is 0 Å². The first-order valence-electron chi connectivity index (χ1n) is 10.3. The van der Waals surface area contributed by atoms with Gasteiger partial charge in [-0.3, -0.25) is 19.3 Å². The molecule has 1 heterocycles. The second kappa shape index (κ2) is 8.29. The van der Waals surface area contributed by atoms with Gasteiger partial charge in [-0.25, -0.2) is 12.7 Å². The minimum atomic E-state index is -4.34. The molecule has 0 aromatic heterocycles. The van der Waals surface area contributed by atoms with Crippen LogP contribution >= 0.6 is 0 Å². The Morgan fingerprint density at radius 2 is 1.39 bits per heavy atom. The van der Waals surface area contributed by atoms with Gasteiger partial charge < -0.3 is 0 Å². The number of carbonyl (C=O) groups is 3. The number of sulfonamides is 1. The van der Waals surface area contributed by atoms with Crippen molar-refractivity contribution in [3.63, 3.8) is 0 Å². The zero-order valence-corrected chi connectivity index (χ0v) is 19.2. The Bertz CT molecular complexity index is 1350. The molecule has 1 aliphatic heterocycles. The fourth-order valence-electron chi connectivity index (χ4n) is 3.84. The zero-order chi connectivity index (χ0) is 23.9. The van der Waals surface area contributed by atoms with Crippen LogP contribution in [0.25, 0.3) is 0 Å². The highest BCUT2D eigenvalue weighted by Crippen LogP contribution is 2.31. The van der Waals surface area contributed by atoms with Gasteiger partial charge in [0.25, 0.3) is 27.7 Å². The van der Waals surface area contributed by atoms with Crippen LogP contribution in [0.2, 0.25) is 0 Å². The average Bonchev–Trinajstić information content (AvgIpc) is 3.06. The smallest absolute Gasteiger partial charge is 0.270 e. The first-order valence-corrected chi connectivity index (χ1v) is 11.8. The van der Waals surface area contributed by atoms with E-state index in [9.17, 15) is 22.8 Å².